The monoisotopic (exact) mass is 1080 g/mol. The maximum atomic E-state index is 10.1. The average molecular weight is 1080 g/mol. The summed E-state index contributed by atoms with van der Waals surface area (Å²) in [4.78, 5) is 12.6. The fraction of sp³-hybridized carbons (Fsp3) is 0.0125. The lowest BCUT2D eigenvalue weighted by Gasteiger charge is -2.20. The second kappa shape index (κ2) is 22.3. The number of carbonyl (C=O) groups is 1. The van der Waals surface area contributed by atoms with E-state index in [9.17, 15) is 9.90 Å². The lowest BCUT2D eigenvalue weighted by atomic mass is 9.88. The molecule has 0 aliphatic carbocycles. The number of aliphatic carboxylic acids is 1. The van der Waals surface area contributed by atoms with Crippen molar-refractivity contribution in [3.05, 3.63) is 315 Å². The minimum atomic E-state index is -1.04. The van der Waals surface area contributed by atoms with E-state index in [1.807, 2.05) is 6.07 Å². The van der Waals surface area contributed by atoms with E-state index < -0.39 is 5.97 Å². The SMILES string of the molecule is O=C([O-])Cc1ccccc1.c1ccc2c(-c3cc(-c4cccc5ccccc45)c([SH+]c4c(-c5cccc6ccccc56)cc(-c5cccc6ccccc56)cc4-c4cccc5ccccc45)c(-c4cccc5ccccc45)c3)cccc2c1. The molecule has 0 aliphatic rings. The van der Waals surface area contributed by atoms with Crippen LogP contribution in [0.3, 0.4) is 0 Å². The molecular formula is C80H54O2S. The molecule has 0 atom stereocenters. The van der Waals surface area contributed by atoms with E-state index in [0.717, 1.165) is 17.3 Å². The molecule has 0 aromatic heterocycles. The summed E-state index contributed by atoms with van der Waals surface area (Å²) < 4.78 is 0. The number of fused-ring (bicyclic) bond motifs is 6. The molecule has 0 spiro atoms. The Hall–Kier alpha value is -10.3. The molecule has 2 nitrogen and oxygen atoms in total. The molecule has 83 heavy (non-hydrogen) atoms. The van der Waals surface area contributed by atoms with Crippen LogP contribution >= 0.6 is 0 Å². The maximum Gasteiger partial charge on any atom is 0.174 e. The van der Waals surface area contributed by atoms with Crippen LogP contribution in [0.25, 0.3) is 131 Å². The Labute approximate surface area is 487 Å². The third-order valence-corrected chi connectivity index (χ3v) is 17.6. The molecule has 0 heterocycles. The van der Waals surface area contributed by atoms with Gasteiger partial charge < -0.3 is 9.90 Å². The number of benzene rings is 15. The Bertz CT molecular complexity index is 4440. The van der Waals surface area contributed by atoms with Crippen LogP contribution in [0.15, 0.2) is 319 Å². The van der Waals surface area contributed by atoms with Gasteiger partial charge in [-0.1, -0.05) is 285 Å². The molecule has 0 fully saturated rings. The minimum absolute atomic E-state index is 0.000833. The number of hydrogen-bond acceptors (Lipinski definition) is 2. The highest BCUT2D eigenvalue weighted by molar-refractivity contribution is 7.79. The first-order valence-corrected chi connectivity index (χ1v) is 29.1. The van der Waals surface area contributed by atoms with Crippen molar-refractivity contribution in [2.24, 2.45) is 0 Å². The van der Waals surface area contributed by atoms with Gasteiger partial charge in [0, 0.05) is 46.4 Å². The van der Waals surface area contributed by atoms with Crippen LogP contribution in [0.1, 0.15) is 5.56 Å². The molecule has 15 rings (SSSR count). The summed E-state index contributed by atoms with van der Waals surface area (Å²) in [6.45, 7) is 0. The van der Waals surface area contributed by atoms with Gasteiger partial charge in [-0.25, -0.2) is 0 Å². The summed E-state index contributed by atoms with van der Waals surface area (Å²) in [5.41, 5.74) is 15.4. The quantitative estimate of drug-likeness (QED) is 0.101. The summed E-state index contributed by atoms with van der Waals surface area (Å²) in [5.74, 6) is -1.04. The van der Waals surface area contributed by atoms with Gasteiger partial charge in [-0.2, -0.15) is 0 Å². The van der Waals surface area contributed by atoms with Gasteiger partial charge in [-0.05, 0) is 139 Å². The number of thiol groups is 1. The predicted octanol–water partition coefficient (Wildman–Crippen LogP) is 19.8. The topological polar surface area (TPSA) is 40.1 Å². The number of rotatable bonds is 10. The summed E-state index contributed by atoms with van der Waals surface area (Å²) >= 11 is 1.08. The van der Waals surface area contributed by atoms with Gasteiger partial charge in [0.05, 0.1) is 0 Å². The molecule has 15 aromatic rings. The van der Waals surface area contributed by atoms with Crippen LogP contribution in [0.2, 0.25) is 0 Å². The molecule has 0 saturated heterocycles. The minimum Gasteiger partial charge on any atom is -0.550 e. The first kappa shape index (κ1) is 50.9. The number of carbonyl (C=O) groups excluding carboxylic acids is 1. The molecule has 0 bridgehead atoms. The van der Waals surface area contributed by atoms with Crippen LogP contribution in [0, 0.1) is 0 Å². The highest BCUT2D eigenvalue weighted by Crippen LogP contribution is 2.49. The Morgan fingerprint density at radius 2 is 0.482 bits per heavy atom. The average Bonchev–Trinajstić information content (AvgIpc) is 3.70. The van der Waals surface area contributed by atoms with E-state index in [0.29, 0.717) is 0 Å². The summed E-state index contributed by atoms with van der Waals surface area (Å²) in [6.07, 6.45) is 0.000833. The normalized spacial score (nSPS) is 11.3. The molecule has 0 N–H and O–H groups in total. The van der Waals surface area contributed by atoms with Gasteiger partial charge in [0.15, 0.2) is 9.79 Å². The van der Waals surface area contributed by atoms with E-state index in [-0.39, 0.29) is 6.42 Å². The van der Waals surface area contributed by atoms with Crippen molar-refractivity contribution in [1.29, 1.82) is 0 Å². The predicted molar refractivity (Wildman–Crippen MR) is 351 cm³/mol. The summed E-state index contributed by atoms with van der Waals surface area (Å²) in [7, 11) is 0. The van der Waals surface area contributed by atoms with Gasteiger partial charge in [0.1, 0.15) is 0 Å². The first-order chi connectivity index (χ1) is 41.0. The van der Waals surface area contributed by atoms with Crippen LogP contribution < -0.4 is 5.11 Å². The Morgan fingerprint density at radius 3 is 0.759 bits per heavy atom. The summed E-state index contributed by atoms with van der Waals surface area (Å²) in [5, 5.41) is 24.8. The molecule has 0 aliphatic heterocycles. The van der Waals surface area contributed by atoms with Crippen molar-refractivity contribution in [2.45, 2.75) is 16.2 Å². The lowest BCUT2D eigenvalue weighted by molar-refractivity contribution is -0.304. The van der Waals surface area contributed by atoms with Crippen molar-refractivity contribution < 1.29 is 9.90 Å². The number of carboxylic acids is 1. The van der Waals surface area contributed by atoms with E-state index in [4.69, 9.17) is 0 Å². The van der Waals surface area contributed by atoms with Crippen molar-refractivity contribution >= 4 is 82.4 Å². The molecule has 3 heteroatoms. The largest absolute Gasteiger partial charge is 0.550 e. The zero-order chi connectivity index (χ0) is 55.6. The van der Waals surface area contributed by atoms with Crippen molar-refractivity contribution in [2.75, 3.05) is 0 Å². The highest BCUT2D eigenvalue weighted by atomic mass is 32.2. The zero-order valence-electron chi connectivity index (χ0n) is 45.4. The number of carboxylic acid groups (broad SMARTS) is 1. The van der Waals surface area contributed by atoms with Crippen LogP contribution in [0.5, 0.6) is 0 Å². The molecular weight excluding hydrogens is 1020 g/mol. The summed E-state index contributed by atoms with van der Waals surface area (Å²) in [6, 6.07) is 113. The molecule has 0 radical (unpaired) electrons. The standard InChI is InChI=1S/C72H46S.C8H8O2/c1-7-31-55-47(19-1)25-13-37-61(55)53-43-67(63-39-15-27-49-21-3-9-33-57(49)63)71(68(44-53)64-40-16-28-50-22-4-10-34-58(50)64)73-72-69(65-41-17-29-51-23-5-11-35-59(51)65)45-54(62-38-14-26-48-20-2-8-32-56(48)62)46-70(72)66-42-18-30-52-24-6-12-36-60(52)66;9-8(10)6-7-4-2-1-3-5-7/h1-46H;1-5H,6H2,(H,9,10). The molecule has 392 valence electrons. The fourth-order valence-electron chi connectivity index (χ4n) is 12.3. The molecule has 15 aromatic carbocycles. The van der Waals surface area contributed by atoms with Crippen molar-refractivity contribution in [3.8, 4) is 66.8 Å². The second-order valence-corrected chi connectivity index (χ2v) is 22.3. The van der Waals surface area contributed by atoms with E-state index in [2.05, 4.69) is 279 Å². The van der Waals surface area contributed by atoms with Crippen molar-refractivity contribution in [3.63, 3.8) is 0 Å². The third kappa shape index (κ3) is 9.88. The van der Waals surface area contributed by atoms with E-state index in [1.165, 1.54) is 141 Å². The molecule has 0 saturated carbocycles. The van der Waals surface area contributed by atoms with Gasteiger partial charge in [0.2, 0.25) is 0 Å². The second-order valence-electron chi connectivity index (χ2n) is 21.1. The van der Waals surface area contributed by atoms with Gasteiger partial charge >= 0.3 is 0 Å². The smallest absolute Gasteiger partial charge is 0.174 e. The van der Waals surface area contributed by atoms with Crippen LogP contribution in [0.4, 0.5) is 0 Å². The third-order valence-electron chi connectivity index (χ3n) is 16.2. The molecule has 0 amide bonds. The van der Waals surface area contributed by atoms with Gasteiger partial charge in [0.25, 0.3) is 0 Å². The van der Waals surface area contributed by atoms with E-state index in [1.54, 1.807) is 24.3 Å². The Kier molecular flexibility index (Phi) is 13.7. The number of hydrogen-bond donors (Lipinski definition) is 0. The Balaban J connectivity index is 0.000000559. The highest BCUT2D eigenvalue weighted by Gasteiger charge is 2.31. The first-order valence-electron chi connectivity index (χ1n) is 28.2. The molecule has 0 unspecified atom stereocenters. The van der Waals surface area contributed by atoms with Gasteiger partial charge in [-0.15, -0.1) is 0 Å². The van der Waals surface area contributed by atoms with Gasteiger partial charge in [-0.3, -0.25) is 0 Å². The zero-order valence-corrected chi connectivity index (χ0v) is 46.3. The van der Waals surface area contributed by atoms with Crippen LogP contribution in [-0.4, -0.2) is 5.97 Å². The Morgan fingerprint density at radius 1 is 0.253 bits per heavy atom. The lowest BCUT2D eigenvalue weighted by Crippen LogP contribution is -2.24. The fourth-order valence-corrected chi connectivity index (χ4v) is 13.8. The van der Waals surface area contributed by atoms with Crippen LogP contribution in [-0.2, 0) is 23.0 Å². The van der Waals surface area contributed by atoms with Crippen molar-refractivity contribution in [1.82, 2.24) is 0 Å². The maximum absolute atomic E-state index is 10.1. The van der Waals surface area contributed by atoms with E-state index >= 15 is 0 Å².